The fourth-order valence-electron chi connectivity index (χ4n) is 3.15. The Morgan fingerprint density at radius 2 is 1.42 bits per heavy atom. The van der Waals surface area contributed by atoms with Crippen molar-refractivity contribution in [1.82, 2.24) is 9.97 Å². The molecule has 1 heterocycles. The van der Waals surface area contributed by atoms with E-state index < -0.39 is 0 Å². The van der Waals surface area contributed by atoms with Crippen molar-refractivity contribution in [2.75, 3.05) is 19.5 Å². The Bertz CT molecular complexity index is 1190. The number of nitrogens with zero attached hydrogens (tertiary/aromatic N) is 2. The van der Waals surface area contributed by atoms with E-state index in [9.17, 15) is 4.79 Å². The van der Waals surface area contributed by atoms with Gasteiger partial charge in [-0.1, -0.05) is 42.5 Å². The predicted octanol–water partition coefficient (Wildman–Crippen LogP) is 5.71. The lowest BCUT2D eigenvalue weighted by Gasteiger charge is -2.08. The van der Waals surface area contributed by atoms with Crippen LogP contribution in [0.15, 0.2) is 89.8 Å². The number of hydrogen-bond donors (Lipinski definition) is 1. The highest BCUT2D eigenvalue weighted by Gasteiger charge is 2.09. The number of rotatable bonds is 8. The van der Waals surface area contributed by atoms with Gasteiger partial charge in [-0.05, 0) is 47.5 Å². The van der Waals surface area contributed by atoms with Gasteiger partial charge < -0.3 is 14.8 Å². The Morgan fingerprint density at radius 3 is 2.03 bits per heavy atom. The van der Waals surface area contributed by atoms with E-state index in [4.69, 9.17) is 9.47 Å². The molecule has 0 aliphatic carbocycles. The highest BCUT2D eigenvalue weighted by atomic mass is 32.2. The van der Waals surface area contributed by atoms with Crippen LogP contribution in [0.25, 0.3) is 11.1 Å². The Labute approximate surface area is 197 Å². The fraction of sp³-hybridized carbons (Fsp3) is 0.115. The van der Waals surface area contributed by atoms with E-state index in [1.165, 1.54) is 0 Å². The second-order valence-corrected chi connectivity index (χ2v) is 8.13. The van der Waals surface area contributed by atoms with Crippen LogP contribution in [-0.4, -0.2) is 30.1 Å². The van der Waals surface area contributed by atoms with Gasteiger partial charge in [0.2, 0.25) is 11.8 Å². The van der Waals surface area contributed by atoms with Crippen LogP contribution in [0, 0.1) is 0 Å². The number of benzene rings is 3. The molecule has 0 fully saturated rings. The molecule has 0 aliphatic rings. The number of ether oxygens (including phenoxy) is 2. The van der Waals surface area contributed by atoms with Crippen LogP contribution >= 0.6 is 11.8 Å². The minimum atomic E-state index is -0.146. The average molecular weight is 458 g/mol. The summed E-state index contributed by atoms with van der Waals surface area (Å²) in [4.78, 5) is 22.3. The minimum Gasteiger partial charge on any atom is -0.481 e. The van der Waals surface area contributed by atoms with Crippen LogP contribution in [0.3, 0.4) is 0 Å². The molecule has 1 amide bonds. The van der Waals surface area contributed by atoms with Gasteiger partial charge in [-0.25, -0.2) is 0 Å². The molecule has 166 valence electrons. The van der Waals surface area contributed by atoms with Crippen molar-refractivity contribution in [3.8, 4) is 22.9 Å². The molecule has 0 unspecified atom stereocenters. The highest BCUT2D eigenvalue weighted by Crippen LogP contribution is 2.25. The number of aromatic nitrogens is 2. The number of carbonyl (C=O) groups is 1. The zero-order valence-electron chi connectivity index (χ0n) is 18.3. The molecule has 0 spiro atoms. The minimum absolute atomic E-state index is 0.146. The van der Waals surface area contributed by atoms with Crippen molar-refractivity contribution in [2.45, 2.75) is 10.6 Å². The largest absolute Gasteiger partial charge is 0.481 e. The van der Waals surface area contributed by atoms with Crippen LogP contribution in [0.5, 0.6) is 11.8 Å². The van der Waals surface area contributed by atoms with Gasteiger partial charge >= 0.3 is 0 Å². The molecule has 3 aromatic carbocycles. The molecular weight excluding hydrogens is 434 g/mol. The molecule has 6 nitrogen and oxygen atoms in total. The summed E-state index contributed by atoms with van der Waals surface area (Å²) in [5, 5.41) is 2.94. The van der Waals surface area contributed by atoms with Gasteiger partial charge in [0.1, 0.15) is 5.82 Å². The van der Waals surface area contributed by atoms with E-state index in [1.807, 2.05) is 78.9 Å². The van der Waals surface area contributed by atoms with E-state index >= 15 is 0 Å². The average Bonchev–Trinajstić information content (AvgIpc) is 2.88. The molecule has 0 bridgehead atoms. The van der Waals surface area contributed by atoms with E-state index in [0.717, 1.165) is 21.7 Å². The van der Waals surface area contributed by atoms with Crippen LogP contribution in [0.2, 0.25) is 0 Å². The second-order valence-electron chi connectivity index (χ2n) is 7.08. The summed E-state index contributed by atoms with van der Waals surface area (Å²) < 4.78 is 10.4. The van der Waals surface area contributed by atoms with Gasteiger partial charge in [0.15, 0.2) is 0 Å². The lowest BCUT2D eigenvalue weighted by Crippen LogP contribution is -2.11. The SMILES string of the molecule is COc1cc(OC)nc(CSc2ccc(NC(=O)c3ccc(-c4ccccc4)cc3)cc2)n1. The van der Waals surface area contributed by atoms with Crippen molar-refractivity contribution in [2.24, 2.45) is 0 Å². The van der Waals surface area contributed by atoms with Crippen LogP contribution in [0.4, 0.5) is 5.69 Å². The second kappa shape index (κ2) is 10.7. The highest BCUT2D eigenvalue weighted by molar-refractivity contribution is 7.98. The zero-order valence-corrected chi connectivity index (χ0v) is 19.1. The maximum absolute atomic E-state index is 12.6. The van der Waals surface area contributed by atoms with Crippen molar-refractivity contribution in [3.63, 3.8) is 0 Å². The molecule has 4 aromatic rings. The predicted molar refractivity (Wildman–Crippen MR) is 131 cm³/mol. The Balaban J connectivity index is 1.35. The molecule has 0 radical (unpaired) electrons. The van der Waals surface area contributed by atoms with Gasteiger partial charge in [-0.3, -0.25) is 4.79 Å². The zero-order chi connectivity index (χ0) is 23.0. The van der Waals surface area contributed by atoms with E-state index in [-0.39, 0.29) is 5.91 Å². The fourth-order valence-corrected chi connectivity index (χ4v) is 3.91. The quantitative estimate of drug-likeness (QED) is 0.342. The molecule has 1 aromatic heterocycles. The number of thioether (sulfide) groups is 1. The van der Waals surface area contributed by atoms with Gasteiger partial charge in [0.25, 0.3) is 5.91 Å². The molecular formula is C26H23N3O3S. The van der Waals surface area contributed by atoms with Gasteiger partial charge in [0, 0.05) is 16.1 Å². The van der Waals surface area contributed by atoms with Crippen LogP contribution in [0.1, 0.15) is 16.2 Å². The third-order valence-electron chi connectivity index (χ3n) is 4.88. The summed E-state index contributed by atoms with van der Waals surface area (Å²) in [6.45, 7) is 0. The van der Waals surface area contributed by atoms with Gasteiger partial charge in [0.05, 0.1) is 26.0 Å². The first-order valence-corrected chi connectivity index (χ1v) is 11.3. The smallest absolute Gasteiger partial charge is 0.255 e. The first-order valence-electron chi connectivity index (χ1n) is 10.3. The topological polar surface area (TPSA) is 73.3 Å². The summed E-state index contributed by atoms with van der Waals surface area (Å²) in [5.41, 5.74) is 3.54. The Morgan fingerprint density at radius 1 is 0.818 bits per heavy atom. The van der Waals surface area contributed by atoms with Crippen molar-refractivity contribution in [3.05, 3.63) is 96.3 Å². The molecule has 0 saturated carbocycles. The number of anilines is 1. The van der Waals surface area contributed by atoms with Crippen molar-refractivity contribution >= 4 is 23.4 Å². The molecule has 0 saturated heterocycles. The number of carbonyl (C=O) groups excluding carboxylic acids is 1. The van der Waals surface area contributed by atoms with E-state index in [2.05, 4.69) is 15.3 Å². The van der Waals surface area contributed by atoms with Gasteiger partial charge in [-0.2, -0.15) is 9.97 Å². The first kappa shape index (κ1) is 22.4. The lowest BCUT2D eigenvalue weighted by atomic mass is 10.0. The lowest BCUT2D eigenvalue weighted by molar-refractivity contribution is 0.102. The molecule has 7 heteroatoms. The Kier molecular flexibility index (Phi) is 7.22. The van der Waals surface area contributed by atoms with Gasteiger partial charge in [-0.15, -0.1) is 11.8 Å². The molecule has 4 rings (SSSR count). The first-order chi connectivity index (χ1) is 16.1. The molecule has 33 heavy (non-hydrogen) atoms. The van der Waals surface area contributed by atoms with Crippen molar-refractivity contribution < 1.29 is 14.3 Å². The summed E-state index contributed by atoms with van der Waals surface area (Å²) in [6.07, 6.45) is 0. The van der Waals surface area contributed by atoms with E-state index in [1.54, 1.807) is 32.0 Å². The third kappa shape index (κ3) is 5.90. The maximum atomic E-state index is 12.6. The monoisotopic (exact) mass is 457 g/mol. The number of amides is 1. The molecule has 1 N–H and O–H groups in total. The normalized spacial score (nSPS) is 10.5. The van der Waals surface area contributed by atoms with Crippen molar-refractivity contribution in [1.29, 1.82) is 0 Å². The van der Waals surface area contributed by atoms with E-state index in [0.29, 0.717) is 28.9 Å². The Hall–Kier alpha value is -3.84. The summed E-state index contributed by atoms with van der Waals surface area (Å²) in [7, 11) is 3.12. The summed E-state index contributed by atoms with van der Waals surface area (Å²) in [6, 6.07) is 27.0. The standard InChI is InChI=1S/C26H23N3O3S/c1-31-24-16-25(32-2)29-23(28-24)17-33-22-14-12-21(13-15-22)27-26(30)20-10-8-19(9-11-20)18-6-4-3-5-7-18/h3-16H,17H2,1-2H3,(H,27,30). The number of hydrogen-bond acceptors (Lipinski definition) is 6. The molecule has 0 aliphatic heterocycles. The third-order valence-corrected chi connectivity index (χ3v) is 5.89. The number of methoxy groups -OCH3 is 2. The van der Waals surface area contributed by atoms with Crippen LogP contribution in [-0.2, 0) is 5.75 Å². The summed E-state index contributed by atoms with van der Waals surface area (Å²) >= 11 is 1.59. The number of nitrogens with one attached hydrogen (secondary N) is 1. The molecule has 0 atom stereocenters. The summed E-state index contributed by atoms with van der Waals surface area (Å²) in [5.74, 6) is 1.96. The maximum Gasteiger partial charge on any atom is 0.255 e. The van der Waals surface area contributed by atoms with Crippen LogP contribution < -0.4 is 14.8 Å².